The van der Waals surface area contributed by atoms with E-state index in [1.54, 1.807) is 16.8 Å². The van der Waals surface area contributed by atoms with Crippen molar-refractivity contribution in [3.8, 4) is 5.82 Å². The average Bonchev–Trinajstić information content (AvgIpc) is 3.19. The van der Waals surface area contributed by atoms with Crippen LogP contribution in [0.2, 0.25) is 0 Å². The number of anilines is 3. The highest BCUT2D eigenvalue weighted by atomic mass is 16.1. The number of likely N-dealkylation sites (N-methyl/N-ethyl adjacent to an activating group) is 1. The second-order valence-electron chi connectivity index (χ2n) is 11.6. The molecule has 6 rings (SSSR count). The molecule has 1 aromatic carbocycles. The van der Waals surface area contributed by atoms with Gasteiger partial charge in [0.05, 0.1) is 18.1 Å². The van der Waals surface area contributed by atoms with Crippen molar-refractivity contribution in [3.05, 3.63) is 75.5 Å². The fourth-order valence-corrected chi connectivity index (χ4v) is 6.19. The monoisotopic (exact) mass is 555 g/mol. The van der Waals surface area contributed by atoms with Crippen molar-refractivity contribution in [2.45, 2.75) is 58.2 Å². The molecule has 0 radical (unpaired) electrons. The molecule has 0 unspecified atom stereocenters. The molecular weight excluding hydrogens is 518 g/mol. The zero-order chi connectivity index (χ0) is 28.9. The van der Waals surface area contributed by atoms with E-state index in [0.717, 1.165) is 18.8 Å². The lowest BCUT2D eigenvalue weighted by molar-refractivity contribution is 0.0458. The summed E-state index contributed by atoms with van der Waals surface area (Å²) in [5.74, 6) is 0.770. The average molecular weight is 556 g/mol. The van der Waals surface area contributed by atoms with Gasteiger partial charge in [-0.25, -0.2) is 19.0 Å². The minimum atomic E-state index is -0.258. The SMILES string of the molecule is C=CCn1c(=O)c2cnc(Nc3ccc(N4CC5(CCCCN5C)C4)c(C)c3)nc2n1-c1ccc(=O)n(C(C)C)n1. The lowest BCUT2D eigenvalue weighted by atomic mass is 9.79. The molecule has 2 aliphatic heterocycles. The fourth-order valence-electron chi connectivity index (χ4n) is 6.19. The van der Waals surface area contributed by atoms with Gasteiger partial charge in [-0.1, -0.05) is 12.5 Å². The highest BCUT2D eigenvalue weighted by Gasteiger charge is 2.47. The largest absolute Gasteiger partial charge is 0.367 e. The van der Waals surface area contributed by atoms with Gasteiger partial charge in [0.25, 0.3) is 11.1 Å². The Hall–Kier alpha value is -4.25. The molecule has 0 bridgehead atoms. The first-order valence-corrected chi connectivity index (χ1v) is 14.2. The molecule has 1 N–H and O–H groups in total. The molecule has 2 saturated heterocycles. The Morgan fingerprint density at radius 3 is 2.66 bits per heavy atom. The summed E-state index contributed by atoms with van der Waals surface area (Å²) in [5, 5.41) is 8.20. The zero-order valence-electron chi connectivity index (χ0n) is 24.2. The first-order chi connectivity index (χ1) is 19.7. The van der Waals surface area contributed by atoms with E-state index in [0.29, 0.717) is 28.3 Å². The zero-order valence-corrected chi connectivity index (χ0v) is 24.2. The molecule has 2 fully saturated rings. The van der Waals surface area contributed by atoms with E-state index in [2.05, 4.69) is 57.9 Å². The maximum absolute atomic E-state index is 13.3. The minimum Gasteiger partial charge on any atom is -0.367 e. The van der Waals surface area contributed by atoms with Gasteiger partial charge in [-0.15, -0.1) is 11.7 Å². The van der Waals surface area contributed by atoms with E-state index in [1.807, 2.05) is 19.9 Å². The number of hydrogen-bond donors (Lipinski definition) is 1. The number of piperidine rings is 1. The fraction of sp³-hybridized carbons (Fsp3) is 0.433. The van der Waals surface area contributed by atoms with Gasteiger partial charge >= 0.3 is 0 Å². The Bertz CT molecular complexity index is 1740. The lowest BCUT2D eigenvalue weighted by Gasteiger charge is -2.58. The first-order valence-electron chi connectivity index (χ1n) is 14.2. The Morgan fingerprint density at radius 2 is 1.95 bits per heavy atom. The van der Waals surface area contributed by atoms with Crippen LogP contribution in [-0.4, -0.2) is 66.2 Å². The maximum Gasteiger partial charge on any atom is 0.278 e. The molecule has 2 aliphatic rings. The van der Waals surface area contributed by atoms with Crippen LogP contribution in [0, 0.1) is 6.92 Å². The minimum absolute atomic E-state index is 0.146. The highest BCUT2D eigenvalue weighted by molar-refractivity contribution is 5.77. The summed E-state index contributed by atoms with van der Waals surface area (Å²) in [6, 6.07) is 9.21. The van der Waals surface area contributed by atoms with Crippen LogP contribution in [0.3, 0.4) is 0 Å². The molecule has 1 spiro atoms. The van der Waals surface area contributed by atoms with Crippen molar-refractivity contribution in [2.75, 3.05) is 36.9 Å². The van der Waals surface area contributed by atoms with Crippen LogP contribution in [0.1, 0.15) is 44.7 Å². The molecule has 11 heteroatoms. The van der Waals surface area contributed by atoms with Gasteiger partial charge in [-0.3, -0.25) is 14.5 Å². The van der Waals surface area contributed by atoms with E-state index in [4.69, 9.17) is 4.98 Å². The van der Waals surface area contributed by atoms with Crippen molar-refractivity contribution in [1.29, 1.82) is 0 Å². The first kappa shape index (κ1) is 26.9. The molecule has 4 aromatic rings. The summed E-state index contributed by atoms with van der Waals surface area (Å²) in [4.78, 5) is 39.8. The summed E-state index contributed by atoms with van der Waals surface area (Å²) < 4.78 is 4.51. The summed E-state index contributed by atoms with van der Waals surface area (Å²) in [5.41, 5.74) is 3.53. The molecule has 0 aliphatic carbocycles. The molecule has 0 saturated carbocycles. The maximum atomic E-state index is 13.3. The summed E-state index contributed by atoms with van der Waals surface area (Å²) in [7, 11) is 2.26. The molecule has 5 heterocycles. The Labute approximate surface area is 238 Å². The molecule has 41 heavy (non-hydrogen) atoms. The highest BCUT2D eigenvalue weighted by Crippen LogP contribution is 2.39. The van der Waals surface area contributed by atoms with Crippen molar-refractivity contribution in [3.63, 3.8) is 0 Å². The van der Waals surface area contributed by atoms with Gasteiger partial charge in [0.1, 0.15) is 5.39 Å². The normalized spacial score (nSPS) is 16.9. The van der Waals surface area contributed by atoms with E-state index in [-0.39, 0.29) is 23.7 Å². The number of aryl methyl sites for hydroxylation is 1. The standard InChI is InChI=1S/C30H37N9O2/c1-6-14-37-28(41)23-17-31-29(33-27(23)39(37)25-11-12-26(40)38(34-25)20(2)3)32-22-9-10-24(21(4)16-22)36-18-30(19-36)13-7-8-15-35(30)5/h6,9-12,16-17,20H,1,7-8,13-15,18-19H2,2-5H3,(H,31,32,33). The number of benzene rings is 1. The van der Waals surface area contributed by atoms with Crippen molar-refractivity contribution in [2.24, 2.45) is 0 Å². The van der Waals surface area contributed by atoms with Crippen molar-refractivity contribution < 1.29 is 0 Å². The second-order valence-corrected chi connectivity index (χ2v) is 11.6. The van der Waals surface area contributed by atoms with Crippen LogP contribution in [0.5, 0.6) is 0 Å². The van der Waals surface area contributed by atoms with Gasteiger partial charge in [-0.05, 0) is 77.0 Å². The molecule has 214 valence electrons. The molecule has 0 amide bonds. The summed E-state index contributed by atoms with van der Waals surface area (Å²) in [6.07, 6.45) is 7.04. The van der Waals surface area contributed by atoms with Crippen LogP contribution in [0.25, 0.3) is 16.9 Å². The third-order valence-electron chi connectivity index (χ3n) is 8.45. The number of nitrogens with zero attached hydrogens (tertiary/aromatic N) is 8. The second kappa shape index (κ2) is 10.3. The number of likely N-dealkylation sites (tertiary alicyclic amines) is 1. The predicted octanol–water partition coefficient (Wildman–Crippen LogP) is 3.63. The summed E-state index contributed by atoms with van der Waals surface area (Å²) >= 11 is 0. The van der Waals surface area contributed by atoms with Crippen molar-refractivity contribution >= 4 is 28.4 Å². The van der Waals surface area contributed by atoms with E-state index in [9.17, 15) is 9.59 Å². The van der Waals surface area contributed by atoms with Gasteiger partial charge in [-0.2, -0.15) is 4.98 Å². The van der Waals surface area contributed by atoms with Crippen LogP contribution in [0.4, 0.5) is 17.3 Å². The van der Waals surface area contributed by atoms with Gasteiger partial charge in [0.15, 0.2) is 11.5 Å². The van der Waals surface area contributed by atoms with Crippen LogP contribution in [-0.2, 0) is 6.54 Å². The third kappa shape index (κ3) is 4.63. The molecule has 3 aromatic heterocycles. The Morgan fingerprint density at radius 1 is 1.15 bits per heavy atom. The van der Waals surface area contributed by atoms with E-state index in [1.165, 1.54) is 58.7 Å². The number of hydrogen-bond acceptors (Lipinski definition) is 8. The predicted molar refractivity (Wildman–Crippen MR) is 162 cm³/mol. The number of fused-ring (bicyclic) bond motifs is 1. The Kier molecular flexibility index (Phi) is 6.77. The molecule has 11 nitrogen and oxygen atoms in total. The van der Waals surface area contributed by atoms with Crippen LogP contribution < -0.4 is 21.3 Å². The number of aromatic nitrogens is 6. The van der Waals surface area contributed by atoms with Crippen molar-refractivity contribution in [1.82, 2.24) is 34.0 Å². The quantitative estimate of drug-likeness (QED) is 0.345. The summed E-state index contributed by atoms with van der Waals surface area (Å²) in [6.45, 7) is 13.2. The lowest BCUT2D eigenvalue weighted by Crippen LogP contribution is -2.70. The number of rotatable bonds is 7. The third-order valence-corrected chi connectivity index (χ3v) is 8.45. The van der Waals surface area contributed by atoms with Gasteiger partial charge in [0, 0.05) is 36.7 Å². The van der Waals surface area contributed by atoms with Gasteiger partial charge < -0.3 is 10.2 Å². The van der Waals surface area contributed by atoms with E-state index >= 15 is 0 Å². The van der Waals surface area contributed by atoms with Gasteiger partial charge in [0.2, 0.25) is 5.95 Å². The van der Waals surface area contributed by atoms with Crippen LogP contribution >= 0.6 is 0 Å². The number of nitrogens with one attached hydrogen (secondary N) is 1. The smallest absolute Gasteiger partial charge is 0.278 e. The number of allylic oxidation sites excluding steroid dienone is 1. The topological polar surface area (TPSA) is 106 Å². The molecular formula is C30H37N9O2. The molecule has 0 atom stereocenters. The Balaban J connectivity index is 1.31. The van der Waals surface area contributed by atoms with Crippen LogP contribution in [0.15, 0.2) is 58.8 Å². The van der Waals surface area contributed by atoms with E-state index < -0.39 is 0 Å².